The summed E-state index contributed by atoms with van der Waals surface area (Å²) in [6, 6.07) is 15.0. The summed E-state index contributed by atoms with van der Waals surface area (Å²) in [5.41, 5.74) is 2.96. The monoisotopic (exact) mass is 469 g/mol. The first-order valence-electron chi connectivity index (χ1n) is 11.0. The number of hydrogen-bond acceptors (Lipinski definition) is 6. The Labute approximate surface area is 193 Å². The van der Waals surface area contributed by atoms with Gasteiger partial charge in [-0.25, -0.2) is 8.42 Å². The van der Waals surface area contributed by atoms with Crippen molar-refractivity contribution in [1.82, 2.24) is 4.57 Å². The summed E-state index contributed by atoms with van der Waals surface area (Å²) in [7, 11) is -3.04. The van der Waals surface area contributed by atoms with Crippen LogP contribution in [-0.2, 0) is 25.8 Å². The van der Waals surface area contributed by atoms with E-state index in [1.54, 1.807) is 13.0 Å². The van der Waals surface area contributed by atoms with E-state index in [0.717, 1.165) is 17.0 Å². The van der Waals surface area contributed by atoms with Crippen LogP contribution in [0.25, 0.3) is 11.3 Å². The summed E-state index contributed by atoms with van der Waals surface area (Å²) in [4.78, 5) is 24.9. The van der Waals surface area contributed by atoms with Crippen LogP contribution >= 0.6 is 0 Å². The van der Waals surface area contributed by atoms with Crippen molar-refractivity contribution in [3.63, 3.8) is 0 Å². The lowest BCUT2D eigenvalue weighted by Crippen LogP contribution is -2.17. The Hall–Kier alpha value is -3.13. The van der Waals surface area contributed by atoms with Crippen molar-refractivity contribution in [3.05, 3.63) is 71.2 Å². The molecule has 1 aromatic carbocycles. The van der Waals surface area contributed by atoms with E-state index < -0.39 is 15.8 Å². The molecule has 0 amide bonds. The first-order chi connectivity index (χ1) is 15.7. The highest BCUT2D eigenvalue weighted by Gasteiger charge is 2.31. The summed E-state index contributed by atoms with van der Waals surface area (Å²) < 4.78 is 36.6. The van der Waals surface area contributed by atoms with E-state index in [2.05, 4.69) is 0 Å². The number of carbonyl (C=O) groups is 2. The van der Waals surface area contributed by atoms with Gasteiger partial charge in [0.1, 0.15) is 11.5 Å². The Morgan fingerprint density at radius 1 is 1.12 bits per heavy atom. The first-order valence-corrected chi connectivity index (χ1v) is 12.8. The average molecular weight is 470 g/mol. The molecule has 0 spiro atoms. The van der Waals surface area contributed by atoms with Crippen molar-refractivity contribution in [3.8, 4) is 11.3 Å². The number of nitrogens with zero attached hydrogens (tertiary/aromatic N) is 1. The van der Waals surface area contributed by atoms with Crippen LogP contribution in [0.15, 0.2) is 52.9 Å². The maximum atomic E-state index is 12.7. The summed E-state index contributed by atoms with van der Waals surface area (Å²) in [6.07, 6.45) is 1.03. The van der Waals surface area contributed by atoms with Gasteiger partial charge >= 0.3 is 5.97 Å². The van der Waals surface area contributed by atoms with E-state index >= 15 is 0 Å². The van der Waals surface area contributed by atoms with Gasteiger partial charge in [0.15, 0.2) is 16.4 Å². The summed E-state index contributed by atoms with van der Waals surface area (Å²) in [5, 5.41) is 0. The second-order valence-corrected chi connectivity index (χ2v) is 10.7. The van der Waals surface area contributed by atoms with E-state index in [1.807, 2.05) is 54.0 Å². The van der Waals surface area contributed by atoms with Gasteiger partial charge < -0.3 is 13.7 Å². The molecule has 1 fully saturated rings. The zero-order valence-corrected chi connectivity index (χ0v) is 19.6. The highest BCUT2D eigenvalue weighted by molar-refractivity contribution is 7.91. The van der Waals surface area contributed by atoms with Crippen LogP contribution in [0.4, 0.5) is 0 Å². The number of aromatic nitrogens is 1. The third-order valence-corrected chi connectivity index (χ3v) is 7.77. The Bertz CT molecular complexity index is 1270. The number of benzene rings is 1. The third-order valence-electron chi connectivity index (χ3n) is 6.02. The first kappa shape index (κ1) is 23.0. The molecule has 174 valence electrons. The number of Topliss-reactive ketones (excluding diaryl/α,β-unsaturated/α-hetero) is 1. The smallest absolute Gasteiger partial charge is 0.306 e. The molecule has 0 radical (unpaired) electrons. The molecule has 0 saturated carbocycles. The van der Waals surface area contributed by atoms with Crippen molar-refractivity contribution in [1.29, 1.82) is 0 Å². The topological polar surface area (TPSA) is 95.6 Å². The van der Waals surface area contributed by atoms with E-state index in [9.17, 15) is 18.0 Å². The largest absolute Gasteiger partial charge is 0.461 e. The fraction of sp³-hybridized carbons (Fsp3) is 0.360. The standard InChI is InChI=1S/C25H27NO6S/c1-17-14-22(18(2)26(17)20-12-13-33(29,30)16-20)23(27)15-31-25(28)11-9-21-8-10-24(32-21)19-6-4-3-5-7-19/h3-8,10,14,20H,9,11-13,15-16H2,1-2H3/t20-/m1/s1. The van der Waals surface area contributed by atoms with E-state index in [-0.39, 0.29) is 36.4 Å². The van der Waals surface area contributed by atoms with Crippen molar-refractivity contribution >= 4 is 21.6 Å². The number of hydrogen-bond donors (Lipinski definition) is 0. The van der Waals surface area contributed by atoms with Crippen LogP contribution < -0.4 is 0 Å². The maximum Gasteiger partial charge on any atom is 0.306 e. The number of esters is 1. The fourth-order valence-corrected chi connectivity index (χ4v) is 6.09. The predicted octanol–water partition coefficient (Wildman–Crippen LogP) is 4.08. The van der Waals surface area contributed by atoms with Gasteiger partial charge in [-0.3, -0.25) is 9.59 Å². The molecule has 3 heterocycles. The molecule has 0 bridgehead atoms. The Morgan fingerprint density at radius 2 is 1.88 bits per heavy atom. The predicted molar refractivity (Wildman–Crippen MR) is 124 cm³/mol. The van der Waals surface area contributed by atoms with Crippen LogP contribution in [0.2, 0.25) is 0 Å². The summed E-state index contributed by atoms with van der Waals surface area (Å²) in [5.74, 6) is 0.888. The SMILES string of the molecule is Cc1cc(C(=O)COC(=O)CCc2ccc(-c3ccccc3)o2)c(C)n1[C@@H]1CCS(=O)(=O)C1. The molecule has 8 heteroatoms. The number of ketones is 1. The number of aryl methyl sites for hydroxylation is 2. The second-order valence-electron chi connectivity index (χ2n) is 8.43. The van der Waals surface area contributed by atoms with Crippen LogP contribution in [0.3, 0.4) is 0 Å². The minimum absolute atomic E-state index is 0.0880. The van der Waals surface area contributed by atoms with Gasteiger partial charge in [-0.05, 0) is 38.5 Å². The van der Waals surface area contributed by atoms with E-state index in [0.29, 0.717) is 29.9 Å². The van der Waals surface area contributed by atoms with Gasteiger partial charge in [0.05, 0.1) is 17.9 Å². The van der Waals surface area contributed by atoms with Gasteiger partial charge in [-0.2, -0.15) is 0 Å². The molecule has 0 aliphatic carbocycles. The molecule has 33 heavy (non-hydrogen) atoms. The van der Waals surface area contributed by atoms with Crippen molar-refractivity contribution in [2.45, 2.75) is 39.2 Å². The molecule has 1 atom stereocenters. The lowest BCUT2D eigenvalue weighted by molar-refractivity contribution is -0.142. The summed E-state index contributed by atoms with van der Waals surface area (Å²) >= 11 is 0. The number of ether oxygens (including phenoxy) is 1. The average Bonchev–Trinajstić information content (AvgIpc) is 3.48. The molecule has 0 unspecified atom stereocenters. The fourth-order valence-electron chi connectivity index (χ4n) is 4.39. The normalized spacial score (nSPS) is 17.2. The molecule has 3 aromatic rings. The van der Waals surface area contributed by atoms with Crippen LogP contribution in [0, 0.1) is 13.8 Å². The van der Waals surface area contributed by atoms with Gasteiger partial charge in [0, 0.05) is 35.0 Å². The summed E-state index contributed by atoms with van der Waals surface area (Å²) in [6.45, 7) is 3.31. The second kappa shape index (κ2) is 9.39. The Morgan fingerprint density at radius 3 is 2.58 bits per heavy atom. The molecule has 4 rings (SSSR count). The highest BCUT2D eigenvalue weighted by atomic mass is 32.2. The van der Waals surface area contributed by atoms with Crippen LogP contribution in [0.1, 0.15) is 46.4 Å². The minimum Gasteiger partial charge on any atom is -0.461 e. The highest BCUT2D eigenvalue weighted by Crippen LogP contribution is 2.29. The van der Waals surface area contributed by atoms with Gasteiger partial charge in [0.2, 0.25) is 5.78 Å². The number of sulfone groups is 1. The third kappa shape index (κ3) is 5.27. The number of carbonyl (C=O) groups excluding carboxylic acids is 2. The molecular weight excluding hydrogens is 442 g/mol. The molecule has 2 aromatic heterocycles. The van der Waals surface area contributed by atoms with E-state index in [1.165, 1.54) is 0 Å². The minimum atomic E-state index is -3.04. The quantitative estimate of drug-likeness (QED) is 0.364. The zero-order chi connectivity index (χ0) is 23.6. The van der Waals surface area contributed by atoms with E-state index in [4.69, 9.17) is 9.15 Å². The molecule has 1 aliphatic heterocycles. The molecule has 1 aliphatic rings. The maximum absolute atomic E-state index is 12.7. The van der Waals surface area contributed by atoms with Crippen molar-refractivity contribution in [2.24, 2.45) is 0 Å². The van der Waals surface area contributed by atoms with Gasteiger partial charge in [-0.15, -0.1) is 0 Å². The zero-order valence-electron chi connectivity index (χ0n) is 18.7. The van der Waals surface area contributed by atoms with Gasteiger partial charge in [-0.1, -0.05) is 30.3 Å². The van der Waals surface area contributed by atoms with Crippen LogP contribution in [-0.4, -0.2) is 42.9 Å². The van der Waals surface area contributed by atoms with Gasteiger partial charge in [0.25, 0.3) is 0 Å². The Balaban J connectivity index is 1.31. The molecule has 7 nitrogen and oxygen atoms in total. The lowest BCUT2D eigenvalue weighted by atomic mass is 10.1. The Kier molecular flexibility index (Phi) is 6.56. The lowest BCUT2D eigenvalue weighted by Gasteiger charge is -2.16. The molecular formula is C25H27NO6S. The number of rotatable bonds is 8. The van der Waals surface area contributed by atoms with Crippen molar-refractivity contribution in [2.75, 3.05) is 18.1 Å². The van der Waals surface area contributed by atoms with Crippen LogP contribution in [0.5, 0.6) is 0 Å². The van der Waals surface area contributed by atoms with Crippen molar-refractivity contribution < 1.29 is 27.2 Å². The molecule has 0 N–H and O–H groups in total. The molecule has 1 saturated heterocycles. The number of furan rings is 1.